The van der Waals surface area contributed by atoms with Crippen LogP contribution in [0.15, 0.2) is 12.1 Å². The maximum atomic E-state index is 10.9. The van der Waals surface area contributed by atoms with Crippen LogP contribution in [-0.4, -0.2) is 20.3 Å². The summed E-state index contributed by atoms with van der Waals surface area (Å²) >= 11 is 0. The third kappa shape index (κ3) is 2.89. The molecule has 1 rings (SSSR count). The molecule has 16 heavy (non-hydrogen) atoms. The number of aryl methyl sites for hydroxylation is 2. The van der Waals surface area contributed by atoms with Crippen molar-refractivity contribution in [2.75, 3.05) is 14.2 Å². The number of amides is 1. The molecule has 0 fully saturated rings. The van der Waals surface area contributed by atoms with Crippen molar-refractivity contribution in [3.8, 4) is 5.75 Å². The molecule has 0 bridgehead atoms. The Bertz CT molecular complexity index is 365. The average Bonchev–Trinajstić information content (AvgIpc) is 2.25. The van der Waals surface area contributed by atoms with Crippen LogP contribution in [0.1, 0.15) is 16.7 Å². The molecule has 0 saturated heterocycles. The molecule has 1 aromatic rings. The van der Waals surface area contributed by atoms with Crippen molar-refractivity contribution in [3.05, 3.63) is 28.8 Å². The van der Waals surface area contributed by atoms with E-state index >= 15 is 0 Å². The molecule has 0 atom stereocenters. The number of hydrogen-bond donors (Lipinski definition) is 1. The third-order valence-electron chi connectivity index (χ3n) is 2.35. The summed E-state index contributed by atoms with van der Waals surface area (Å²) in [6.45, 7) is 4.42. The first-order valence-electron chi connectivity index (χ1n) is 5.04. The lowest BCUT2D eigenvalue weighted by Gasteiger charge is -2.11. The second kappa shape index (κ2) is 5.39. The molecule has 0 aliphatic rings. The zero-order chi connectivity index (χ0) is 12.1. The van der Waals surface area contributed by atoms with Crippen molar-refractivity contribution in [2.24, 2.45) is 0 Å². The van der Waals surface area contributed by atoms with Crippen LogP contribution in [-0.2, 0) is 11.3 Å². The van der Waals surface area contributed by atoms with Crippen molar-refractivity contribution in [1.82, 2.24) is 5.32 Å². The lowest BCUT2D eigenvalue weighted by molar-refractivity contribution is 0.170. The van der Waals surface area contributed by atoms with Gasteiger partial charge in [-0.25, -0.2) is 4.79 Å². The van der Waals surface area contributed by atoms with E-state index in [1.165, 1.54) is 7.11 Å². The molecule has 0 aliphatic carbocycles. The van der Waals surface area contributed by atoms with Crippen molar-refractivity contribution in [1.29, 1.82) is 0 Å². The Morgan fingerprint density at radius 3 is 2.25 bits per heavy atom. The van der Waals surface area contributed by atoms with Gasteiger partial charge in [-0.3, -0.25) is 0 Å². The van der Waals surface area contributed by atoms with Gasteiger partial charge < -0.3 is 14.8 Å². The molecule has 4 heteroatoms. The summed E-state index contributed by atoms with van der Waals surface area (Å²) in [4.78, 5) is 10.9. The molecule has 0 aromatic heterocycles. The van der Waals surface area contributed by atoms with Gasteiger partial charge in [-0.1, -0.05) is 12.1 Å². The predicted molar refractivity (Wildman–Crippen MR) is 61.7 cm³/mol. The summed E-state index contributed by atoms with van der Waals surface area (Å²) in [6.07, 6.45) is -0.425. The van der Waals surface area contributed by atoms with Gasteiger partial charge in [-0.05, 0) is 30.5 Å². The van der Waals surface area contributed by atoms with Crippen LogP contribution < -0.4 is 10.1 Å². The molecular formula is C12H17NO3. The SMILES string of the molecule is COC(=O)NCc1cc(C)c(OC)c(C)c1. The molecule has 1 amide bonds. The number of alkyl carbamates (subject to hydrolysis) is 1. The van der Waals surface area contributed by atoms with Gasteiger partial charge in [0.15, 0.2) is 0 Å². The first-order chi connectivity index (χ1) is 7.58. The number of ether oxygens (including phenoxy) is 2. The van der Waals surface area contributed by atoms with E-state index in [1.54, 1.807) is 7.11 Å². The molecule has 88 valence electrons. The Morgan fingerprint density at radius 1 is 1.25 bits per heavy atom. The van der Waals surface area contributed by atoms with E-state index in [4.69, 9.17) is 4.74 Å². The van der Waals surface area contributed by atoms with E-state index in [0.29, 0.717) is 6.54 Å². The zero-order valence-corrected chi connectivity index (χ0v) is 10.1. The average molecular weight is 223 g/mol. The number of hydrogen-bond acceptors (Lipinski definition) is 3. The smallest absolute Gasteiger partial charge is 0.407 e. The molecular weight excluding hydrogens is 206 g/mol. The fourth-order valence-corrected chi connectivity index (χ4v) is 1.71. The topological polar surface area (TPSA) is 47.6 Å². The Labute approximate surface area is 95.6 Å². The summed E-state index contributed by atoms with van der Waals surface area (Å²) in [5.41, 5.74) is 3.15. The monoisotopic (exact) mass is 223 g/mol. The summed E-state index contributed by atoms with van der Waals surface area (Å²) in [5, 5.41) is 2.64. The van der Waals surface area contributed by atoms with Crippen LogP contribution >= 0.6 is 0 Å². The molecule has 0 heterocycles. The highest BCUT2D eigenvalue weighted by Gasteiger charge is 2.06. The third-order valence-corrected chi connectivity index (χ3v) is 2.35. The van der Waals surface area contributed by atoms with Crippen LogP contribution in [0.3, 0.4) is 0 Å². The molecule has 1 N–H and O–H groups in total. The fourth-order valence-electron chi connectivity index (χ4n) is 1.71. The van der Waals surface area contributed by atoms with E-state index < -0.39 is 6.09 Å². The Morgan fingerprint density at radius 2 is 1.81 bits per heavy atom. The summed E-state index contributed by atoms with van der Waals surface area (Å²) in [6, 6.07) is 3.98. The standard InChI is InChI=1S/C12H17NO3/c1-8-5-10(7-13-12(14)16-4)6-9(2)11(8)15-3/h5-6H,7H2,1-4H3,(H,13,14). The van der Waals surface area contributed by atoms with Crippen LogP contribution in [0.5, 0.6) is 5.75 Å². The van der Waals surface area contributed by atoms with E-state index in [0.717, 1.165) is 22.4 Å². The largest absolute Gasteiger partial charge is 0.496 e. The number of benzene rings is 1. The van der Waals surface area contributed by atoms with Crippen LogP contribution in [0.25, 0.3) is 0 Å². The first kappa shape index (κ1) is 12.4. The number of rotatable bonds is 3. The predicted octanol–water partition coefficient (Wildman–Crippen LogP) is 2.17. The molecule has 0 radical (unpaired) electrons. The fraction of sp³-hybridized carbons (Fsp3) is 0.417. The lowest BCUT2D eigenvalue weighted by atomic mass is 10.1. The zero-order valence-electron chi connectivity index (χ0n) is 10.1. The van der Waals surface area contributed by atoms with E-state index in [2.05, 4.69) is 10.1 Å². The van der Waals surface area contributed by atoms with Gasteiger partial charge in [-0.2, -0.15) is 0 Å². The van der Waals surface area contributed by atoms with Gasteiger partial charge >= 0.3 is 6.09 Å². The van der Waals surface area contributed by atoms with E-state index in [9.17, 15) is 4.79 Å². The van der Waals surface area contributed by atoms with Crippen molar-refractivity contribution < 1.29 is 14.3 Å². The molecule has 4 nitrogen and oxygen atoms in total. The maximum Gasteiger partial charge on any atom is 0.407 e. The molecule has 0 spiro atoms. The quantitative estimate of drug-likeness (QED) is 0.854. The Kier molecular flexibility index (Phi) is 4.17. The van der Waals surface area contributed by atoms with Crippen molar-refractivity contribution >= 4 is 6.09 Å². The number of carbonyl (C=O) groups is 1. The van der Waals surface area contributed by atoms with E-state index in [-0.39, 0.29) is 0 Å². The maximum absolute atomic E-state index is 10.9. The minimum atomic E-state index is -0.425. The second-order valence-corrected chi connectivity index (χ2v) is 3.61. The number of nitrogens with one attached hydrogen (secondary N) is 1. The highest BCUT2D eigenvalue weighted by atomic mass is 16.5. The van der Waals surface area contributed by atoms with Gasteiger partial charge in [0.05, 0.1) is 14.2 Å². The van der Waals surface area contributed by atoms with Crippen LogP contribution in [0, 0.1) is 13.8 Å². The van der Waals surface area contributed by atoms with Crippen molar-refractivity contribution in [3.63, 3.8) is 0 Å². The molecule has 0 aliphatic heterocycles. The highest BCUT2D eigenvalue weighted by Crippen LogP contribution is 2.24. The normalized spacial score (nSPS) is 9.75. The van der Waals surface area contributed by atoms with Crippen LogP contribution in [0.4, 0.5) is 4.79 Å². The second-order valence-electron chi connectivity index (χ2n) is 3.61. The lowest BCUT2D eigenvalue weighted by Crippen LogP contribution is -2.22. The number of carbonyl (C=O) groups excluding carboxylic acids is 1. The minimum absolute atomic E-state index is 0.425. The number of methoxy groups -OCH3 is 2. The van der Waals surface area contributed by atoms with E-state index in [1.807, 2.05) is 26.0 Å². The molecule has 1 aromatic carbocycles. The van der Waals surface area contributed by atoms with Crippen LogP contribution in [0.2, 0.25) is 0 Å². The first-order valence-corrected chi connectivity index (χ1v) is 5.04. The highest BCUT2D eigenvalue weighted by molar-refractivity contribution is 5.66. The Hall–Kier alpha value is -1.71. The summed E-state index contributed by atoms with van der Waals surface area (Å²) in [7, 11) is 3.00. The van der Waals surface area contributed by atoms with Gasteiger partial charge in [0, 0.05) is 6.54 Å². The van der Waals surface area contributed by atoms with Gasteiger partial charge in [0.1, 0.15) is 5.75 Å². The van der Waals surface area contributed by atoms with Gasteiger partial charge in [0.2, 0.25) is 0 Å². The van der Waals surface area contributed by atoms with Gasteiger partial charge in [-0.15, -0.1) is 0 Å². The molecule has 0 saturated carbocycles. The van der Waals surface area contributed by atoms with Crippen molar-refractivity contribution in [2.45, 2.75) is 20.4 Å². The van der Waals surface area contributed by atoms with Gasteiger partial charge in [0.25, 0.3) is 0 Å². The minimum Gasteiger partial charge on any atom is -0.496 e. The molecule has 0 unspecified atom stereocenters. The summed E-state index contributed by atoms with van der Waals surface area (Å²) in [5.74, 6) is 0.891. The summed E-state index contributed by atoms with van der Waals surface area (Å²) < 4.78 is 9.77. The Balaban J connectivity index is 2.79.